The van der Waals surface area contributed by atoms with E-state index >= 15 is 0 Å². The molecule has 4 heteroatoms. The number of benzene rings is 1. The first kappa shape index (κ1) is 11.2. The van der Waals surface area contributed by atoms with Crippen molar-refractivity contribution in [1.29, 1.82) is 0 Å². The lowest BCUT2D eigenvalue weighted by Gasteiger charge is -2.05. The van der Waals surface area contributed by atoms with Gasteiger partial charge in [0.1, 0.15) is 11.6 Å². The zero-order valence-electron chi connectivity index (χ0n) is 10.3. The molecule has 0 radical (unpaired) electrons. The Balaban J connectivity index is 1.96. The Morgan fingerprint density at radius 2 is 2.28 bits per heavy atom. The summed E-state index contributed by atoms with van der Waals surface area (Å²) in [5, 5.41) is 3.06. The van der Waals surface area contributed by atoms with Gasteiger partial charge in [0.15, 0.2) is 0 Å². The van der Waals surface area contributed by atoms with E-state index < -0.39 is 0 Å². The molecule has 0 atom stereocenters. The number of nitrogens with zero attached hydrogens (tertiary/aromatic N) is 2. The maximum Gasteiger partial charge on any atom is 0.142 e. The molecule has 1 aliphatic rings. The van der Waals surface area contributed by atoms with Crippen molar-refractivity contribution < 1.29 is 4.74 Å². The molecule has 2 heterocycles. The minimum absolute atomic E-state index is 0.682. The summed E-state index contributed by atoms with van der Waals surface area (Å²) in [6.45, 7) is 1.47. The lowest BCUT2D eigenvalue weighted by Crippen LogP contribution is -2.09. The van der Waals surface area contributed by atoms with Crippen LogP contribution in [0.1, 0.15) is 11.4 Å². The zero-order chi connectivity index (χ0) is 12.4. The molecule has 1 aromatic carbocycles. The minimum atomic E-state index is 0.682. The second-order valence-electron chi connectivity index (χ2n) is 4.31. The van der Waals surface area contributed by atoms with Crippen molar-refractivity contribution in [2.75, 3.05) is 13.7 Å². The summed E-state index contributed by atoms with van der Waals surface area (Å²) in [6, 6.07) is 8.18. The summed E-state index contributed by atoms with van der Waals surface area (Å²) >= 11 is 0. The second-order valence-corrected chi connectivity index (χ2v) is 4.31. The van der Waals surface area contributed by atoms with E-state index in [9.17, 15) is 0 Å². The monoisotopic (exact) mass is 241 g/mol. The third kappa shape index (κ3) is 2.07. The normalized spacial score (nSPS) is 13.2. The predicted octanol–water partition coefficient (Wildman–Crippen LogP) is 1.80. The van der Waals surface area contributed by atoms with E-state index in [2.05, 4.69) is 27.4 Å². The molecule has 0 unspecified atom stereocenters. The lowest BCUT2D eigenvalue weighted by atomic mass is 10.1. The van der Waals surface area contributed by atoms with Crippen molar-refractivity contribution in [2.24, 2.45) is 0 Å². The van der Waals surface area contributed by atoms with Crippen molar-refractivity contribution in [3.63, 3.8) is 0 Å². The molecule has 4 nitrogen and oxygen atoms in total. The SMILES string of the molecule is CNCc1nccc(-c2ccc3c(c2)CCO3)n1. The average Bonchev–Trinajstić information content (AvgIpc) is 2.86. The van der Waals surface area contributed by atoms with Crippen molar-refractivity contribution in [1.82, 2.24) is 15.3 Å². The Bertz CT molecular complexity index is 569. The fourth-order valence-electron chi connectivity index (χ4n) is 2.15. The van der Waals surface area contributed by atoms with Gasteiger partial charge >= 0.3 is 0 Å². The van der Waals surface area contributed by atoms with Gasteiger partial charge in [-0.3, -0.25) is 0 Å². The first-order valence-corrected chi connectivity index (χ1v) is 6.09. The molecule has 0 amide bonds. The van der Waals surface area contributed by atoms with Gasteiger partial charge in [-0.05, 0) is 36.9 Å². The summed E-state index contributed by atoms with van der Waals surface area (Å²) in [6.07, 6.45) is 2.79. The molecule has 1 aliphatic heterocycles. The number of ether oxygens (including phenoxy) is 1. The average molecular weight is 241 g/mol. The molecule has 0 aliphatic carbocycles. The van der Waals surface area contributed by atoms with Crippen LogP contribution in [0.25, 0.3) is 11.3 Å². The van der Waals surface area contributed by atoms with Crippen molar-refractivity contribution in [3.8, 4) is 17.0 Å². The molecule has 3 rings (SSSR count). The Hall–Kier alpha value is -1.94. The highest BCUT2D eigenvalue weighted by molar-refractivity contribution is 5.62. The number of rotatable bonds is 3. The maximum atomic E-state index is 5.51. The van der Waals surface area contributed by atoms with Crippen LogP contribution in [0, 0.1) is 0 Å². The van der Waals surface area contributed by atoms with Gasteiger partial charge in [-0.1, -0.05) is 0 Å². The van der Waals surface area contributed by atoms with Gasteiger partial charge in [0.25, 0.3) is 0 Å². The van der Waals surface area contributed by atoms with Gasteiger partial charge in [-0.15, -0.1) is 0 Å². The number of fused-ring (bicyclic) bond motifs is 1. The molecule has 0 saturated heterocycles. The lowest BCUT2D eigenvalue weighted by molar-refractivity contribution is 0.357. The summed E-state index contributed by atoms with van der Waals surface area (Å²) in [4.78, 5) is 8.77. The van der Waals surface area contributed by atoms with E-state index in [-0.39, 0.29) is 0 Å². The topological polar surface area (TPSA) is 47.0 Å². The van der Waals surface area contributed by atoms with Crippen LogP contribution < -0.4 is 10.1 Å². The van der Waals surface area contributed by atoms with Crippen LogP contribution >= 0.6 is 0 Å². The third-order valence-electron chi connectivity index (χ3n) is 3.03. The van der Waals surface area contributed by atoms with Crippen LogP contribution in [-0.2, 0) is 13.0 Å². The Kier molecular flexibility index (Phi) is 2.94. The second kappa shape index (κ2) is 4.74. The molecule has 92 valence electrons. The first-order chi connectivity index (χ1) is 8.86. The van der Waals surface area contributed by atoms with Gasteiger partial charge in [0, 0.05) is 18.2 Å². The highest BCUT2D eigenvalue weighted by atomic mass is 16.5. The number of hydrogen-bond donors (Lipinski definition) is 1. The molecule has 0 fully saturated rings. The smallest absolute Gasteiger partial charge is 0.142 e. The number of hydrogen-bond acceptors (Lipinski definition) is 4. The van der Waals surface area contributed by atoms with Crippen LogP contribution in [0.15, 0.2) is 30.5 Å². The summed E-state index contributed by atoms with van der Waals surface area (Å²) in [5.74, 6) is 1.81. The fraction of sp³-hybridized carbons (Fsp3) is 0.286. The molecule has 0 spiro atoms. The van der Waals surface area contributed by atoms with Crippen LogP contribution in [0.5, 0.6) is 5.75 Å². The molecule has 18 heavy (non-hydrogen) atoms. The van der Waals surface area contributed by atoms with E-state index in [1.54, 1.807) is 6.20 Å². The first-order valence-electron chi connectivity index (χ1n) is 6.09. The van der Waals surface area contributed by atoms with Gasteiger partial charge in [0.2, 0.25) is 0 Å². The fourth-order valence-corrected chi connectivity index (χ4v) is 2.15. The van der Waals surface area contributed by atoms with E-state index in [4.69, 9.17) is 4.74 Å². The molecule has 1 aromatic heterocycles. The van der Waals surface area contributed by atoms with E-state index in [1.165, 1.54) is 5.56 Å². The molecular weight excluding hydrogens is 226 g/mol. The minimum Gasteiger partial charge on any atom is -0.493 e. The summed E-state index contributed by atoms with van der Waals surface area (Å²) < 4.78 is 5.51. The van der Waals surface area contributed by atoms with Gasteiger partial charge in [-0.2, -0.15) is 0 Å². The van der Waals surface area contributed by atoms with Crippen molar-refractivity contribution in [2.45, 2.75) is 13.0 Å². The van der Waals surface area contributed by atoms with Gasteiger partial charge < -0.3 is 10.1 Å². The van der Waals surface area contributed by atoms with Crippen LogP contribution in [-0.4, -0.2) is 23.6 Å². The zero-order valence-corrected chi connectivity index (χ0v) is 10.3. The Morgan fingerprint density at radius 1 is 1.33 bits per heavy atom. The Morgan fingerprint density at radius 3 is 3.17 bits per heavy atom. The molecule has 1 N–H and O–H groups in total. The summed E-state index contributed by atoms with van der Waals surface area (Å²) in [7, 11) is 1.89. The third-order valence-corrected chi connectivity index (χ3v) is 3.03. The summed E-state index contributed by atoms with van der Waals surface area (Å²) in [5.41, 5.74) is 3.35. The standard InChI is InChI=1S/C14H15N3O/c1-15-9-14-16-6-4-12(17-14)10-2-3-13-11(8-10)5-7-18-13/h2-4,6,8,15H,5,7,9H2,1H3. The van der Waals surface area contributed by atoms with E-state index in [0.717, 1.165) is 35.9 Å². The largest absolute Gasteiger partial charge is 0.493 e. The van der Waals surface area contributed by atoms with Gasteiger partial charge in [0.05, 0.1) is 18.8 Å². The number of aromatic nitrogens is 2. The van der Waals surface area contributed by atoms with Crippen LogP contribution in [0.3, 0.4) is 0 Å². The number of nitrogens with one attached hydrogen (secondary N) is 1. The maximum absolute atomic E-state index is 5.51. The molecule has 0 bridgehead atoms. The van der Waals surface area contributed by atoms with E-state index in [1.807, 2.05) is 19.2 Å². The van der Waals surface area contributed by atoms with Crippen LogP contribution in [0.2, 0.25) is 0 Å². The van der Waals surface area contributed by atoms with Crippen molar-refractivity contribution >= 4 is 0 Å². The van der Waals surface area contributed by atoms with Crippen LogP contribution in [0.4, 0.5) is 0 Å². The molecule has 0 saturated carbocycles. The molecule has 2 aromatic rings. The van der Waals surface area contributed by atoms with Gasteiger partial charge in [-0.25, -0.2) is 9.97 Å². The highest BCUT2D eigenvalue weighted by Gasteiger charge is 2.13. The van der Waals surface area contributed by atoms with E-state index in [0.29, 0.717) is 6.54 Å². The quantitative estimate of drug-likeness (QED) is 0.890. The predicted molar refractivity (Wildman–Crippen MR) is 69.4 cm³/mol. The van der Waals surface area contributed by atoms with Crippen molar-refractivity contribution in [3.05, 3.63) is 41.9 Å². The molecular formula is C14H15N3O. The Labute approximate surface area is 106 Å². The highest BCUT2D eigenvalue weighted by Crippen LogP contribution is 2.29.